The second-order valence-corrected chi connectivity index (χ2v) is 14.3. The number of halogens is 3. The Hall–Kier alpha value is -3.92. The number of rotatable bonds is 12. The molecule has 0 saturated heterocycles. The van der Waals surface area contributed by atoms with Crippen molar-refractivity contribution in [3.8, 4) is 0 Å². The molecule has 1 unspecified atom stereocenters. The first-order valence-corrected chi connectivity index (χ1v) is 17.7. The zero-order valence-electron chi connectivity index (χ0n) is 25.7. The second-order valence-electron chi connectivity index (χ2n) is 11.6. The van der Waals surface area contributed by atoms with Crippen LogP contribution in [0.2, 0.25) is 10.0 Å². The molecule has 1 N–H and O–H groups in total. The molecule has 11 heteroatoms. The maximum atomic E-state index is 14.6. The van der Waals surface area contributed by atoms with Crippen LogP contribution in [0.25, 0.3) is 0 Å². The maximum Gasteiger partial charge on any atom is 0.264 e. The molecule has 246 valence electrons. The van der Waals surface area contributed by atoms with Crippen molar-refractivity contribution in [3.63, 3.8) is 0 Å². The van der Waals surface area contributed by atoms with E-state index < -0.39 is 34.3 Å². The van der Waals surface area contributed by atoms with Gasteiger partial charge in [0, 0.05) is 19.0 Å². The highest BCUT2D eigenvalue weighted by molar-refractivity contribution is 7.92. The van der Waals surface area contributed by atoms with E-state index >= 15 is 0 Å². The van der Waals surface area contributed by atoms with Crippen LogP contribution in [0.3, 0.4) is 0 Å². The first-order valence-electron chi connectivity index (χ1n) is 15.5. The highest BCUT2D eigenvalue weighted by Crippen LogP contribution is 2.27. The van der Waals surface area contributed by atoms with E-state index in [4.69, 9.17) is 23.2 Å². The topological polar surface area (TPSA) is 86.8 Å². The van der Waals surface area contributed by atoms with Crippen LogP contribution in [0, 0.1) is 5.82 Å². The fourth-order valence-corrected chi connectivity index (χ4v) is 7.52. The predicted octanol–water partition coefficient (Wildman–Crippen LogP) is 7.42. The Kier molecular flexibility index (Phi) is 11.6. The molecule has 5 rings (SSSR count). The van der Waals surface area contributed by atoms with Gasteiger partial charge in [0.05, 0.1) is 20.6 Å². The zero-order valence-corrected chi connectivity index (χ0v) is 28.0. The first-order chi connectivity index (χ1) is 22.6. The Morgan fingerprint density at radius 3 is 2.09 bits per heavy atom. The minimum absolute atomic E-state index is 0.0175. The molecule has 1 saturated carbocycles. The van der Waals surface area contributed by atoms with Crippen LogP contribution in [0.15, 0.2) is 108 Å². The van der Waals surface area contributed by atoms with Gasteiger partial charge in [-0.1, -0.05) is 97.1 Å². The largest absolute Gasteiger partial charge is 0.352 e. The van der Waals surface area contributed by atoms with Crippen molar-refractivity contribution in [2.24, 2.45) is 0 Å². The van der Waals surface area contributed by atoms with Crippen molar-refractivity contribution in [2.45, 2.75) is 62.0 Å². The monoisotopic (exact) mass is 695 g/mol. The van der Waals surface area contributed by atoms with E-state index in [9.17, 15) is 22.4 Å². The molecule has 0 aliphatic heterocycles. The van der Waals surface area contributed by atoms with Gasteiger partial charge < -0.3 is 10.2 Å². The van der Waals surface area contributed by atoms with Crippen molar-refractivity contribution in [3.05, 3.63) is 130 Å². The van der Waals surface area contributed by atoms with Crippen molar-refractivity contribution >= 4 is 50.7 Å². The molecule has 1 fully saturated rings. The van der Waals surface area contributed by atoms with Gasteiger partial charge in [-0.3, -0.25) is 13.9 Å². The lowest BCUT2D eigenvalue weighted by Crippen LogP contribution is -2.55. The van der Waals surface area contributed by atoms with Gasteiger partial charge in [-0.15, -0.1) is 0 Å². The van der Waals surface area contributed by atoms with E-state index in [2.05, 4.69) is 5.32 Å². The van der Waals surface area contributed by atoms with Crippen LogP contribution in [-0.2, 0) is 32.6 Å². The molecule has 0 radical (unpaired) electrons. The van der Waals surface area contributed by atoms with Crippen LogP contribution in [0.5, 0.6) is 0 Å². The summed E-state index contributed by atoms with van der Waals surface area (Å²) in [5, 5.41) is 3.80. The number of para-hydroxylation sites is 1. The van der Waals surface area contributed by atoms with Crippen LogP contribution in [0.1, 0.15) is 43.2 Å². The number of carbonyl (C=O) groups excluding carboxylic acids is 2. The van der Waals surface area contributed by atoms with Crippen LogP contribution < -0.4 is 9.62 Å². The second kappa shape index (κ2) is 15.8. The Morgan fingerprint density at radius 1 is 0.809 bits per heavy atom. The van der Waals surface area contributed by atoms with E-state index in [-0.39, 0.29) is 40.5 Å². The third-order valence-corrected chi connectivity index (χ3v) is 10.8. The Labute approximate surface area is 285 Å². The predicted molar refractivity (Wildman–Crippen MR) is 183 cm³/mol. The summed E-state index contributed by atoms with van der Waals surface area (Å²) in [6.45, 7) is -0.655. The number of amides is 2. The number of anilines is 1. The summed E-state index contributed by atoms with van der Waals surface area (Å²) < 4.78 is 42.8. The molecular weight excluding hydrogens is 660 g/mol. The van der Waals surface area contributed by atoms with Gasteiger partial charge in [0.2, 0.25) is 11.8 Å². The van der Waals surface area contributed by atoms with Crippen molar-refractivity contribution < 1.29 is 22.4 Å². The molecule has 0 aromatic heterocycles. The summed E-state index contributed by atoms with van der Waals surface area (Å²) in [4.78, 5) is 30.0. The molecule has 4 aromatic carbocycles. The summed E-state index contributed by atoms with van der Waals surface area (Å²) in [6, 6.07) is 26.0. The highest BCUT2D eigenvalue weighted by Gasteiger charge is 2.35. The fraction of sp³-hybridized carbons (Fsp3) is 0.278. The number of benzene rings is 4. The number of carbonyl (C=O) groups is 2. The molecule has 0 bridgehead atoms. The fourth-order valence-electron chi connectivity index (χ4n) is 5.79. The smallest absolute Gasteiger partial charge is 0.264 e. The quantitative estimate of drug-likeness (QED) is 0.167. The summed E-state index contributed by atoms with van der Waals surface area (Å²) in [7, 11) is -4.33. The highest BCUT2D eigenvalue weighted by atomic mass is 35.5. The van der Waals surface area contributed by atoms with E-state index in [1.165, 1.54) is 4.90 Å². The first kappa shape index (κ1) is 34.4. The number of nitrogens with one attached hydrogen (secondary N) is 1. The van der Waals surface area contributed by atoms with Crippen LogP contribution >= 0.6 is 23.2 Å². The van der Waals surface area contributed by atoms with E-state index in [0.29, 0.717) is 10.6 Å². The summed E-state index contributed by atoms with van der Waals surface area (Å²) in [6.07, 6.45) is 5.02. The number of nitrogens with zero attached hydrogens (tertiary/aromatic N) is 2. The van der Waals surface area contributed by atoms with Crippen LogP contribution in [-0.4, -0.2) is 43.8 Å². The summed E-state index contributed by atoms with van der Waals surface area (Å²) in [5.74, 6) is -1.51. The van der Waals surface area contributed by atoms with Crippen molar-refractivity contribution in [2.75, 3.05) is 10.8 Å². The molecule has 0 spiro atoms. The molecular formula is C36H36Cl2FN3O4S. The van der Waals surface area contributed by atoms with Gasteiger partial charge in [-0.2, -0.15) is 0 Å². The van der Waals surface area contributed by atoms with Crippen molar-refractivity contribution in [1.29, 1.82) is 0 Å². The van der Waals surface area contributed by atoms with Gasteiger partial charge in [0.15, 0.2) is 0 Å². The SMILES string of the molecule is O=C(NC1CCCCC1)C(Cc1ccccc1)N(Cc1ccc(Cl)c(Cl)c1)C(=O)CN(c1ccccc1)S(=O)(=O)c1ccc(F)cc1. The van der Waals surface area contributed by atoms with E-state index in [1.807, 2.05) is 30.3 Å². The van der Waals surface area contributed by atoms with Gasteiger partial charge in [0.1, 0.15) is 18.4 Å². The Bertz CT molecular complexity index is 1770. The van der Waals surface area contributed by atoms with Crippen LogP contribution in [0.4, 0.5) is 10.1 Å². The third-order valence-electron chi connectivity index (χ3n) is 8.28. The molecule has 4 aromatic rings. The molecule has 1 aliphatic carbocycles. The average Bonchev–Trinajstić information content (AvgIpc) is 3.08. The van der Waals surface area contributed by atoms with Crippen molar-refractivity contribution in [1.82, 2.24) is 10.2 Å². The van der Waals surface area contributed by atoms with E-state index in [0.717, 1.165) is 66.2 Å². The standard InChI is InChI=1S/C36H36Cl2FN3O4S/c37-32-21-16-27(22-33(32)38)24-41(34(23-26-10-4-1-5-11-26)36(44)40-29-12-6-2-7-13-29)35(43)25-42(30-14-8-3-9-15-30)47(45,46)31-19-17-28(39)18-20-31/h1,3-5,8-11,14-22,29,34H,2,6-7,12-13,23-25H2,(H,40,44). The molecule has 1 atom stereocenters. The lowest BCUT2D eigenvalue weighted by Gasteiger charge is -2.35. The molecule has 7 nitrogen and oxygen atoms in total. The lowest BCUT2D eigenvalue weighted by molar-refractivity contribution is -0.140. The summed E-state index contributed by atoms with van der Waals surface area (Å²) in [5.41, 5.74) is 1.69. The molecule has 47 heavy (non-hydrogen) atoms. The normalized spacial score (nSPS) is 14.3. The van der Waals surface area contributed by atoms with Gasteiger partial charge in [0.25, 0.3) is 10.0 Å². The Morgan fingerprint density at radius 2 is 1.45 bits per heavy atom. The van der Waals surface area contributed by atoms with Gasteiger partial charge in [-0.05, 0) is 72.5 Å². The average molecular weight is 697 g/mol. The minimum atomic E-state index is -4.33. The molecule has 0 heterocycles. The maximum absolute atomic E-state index is 14.6. The van der Waals surface area contributed by atoms with E-state index in [1.54, 1.807) is 48.5 Å². The number of sulfonamides is 1. The molecule has 1 aliphatic rings. The zero-order chi connectivity index (χ0) is 33.4. The number of hydrogen-bond acceptors (Lipinski definition) is 4. The molecule has 2 amide bonds. The lowest BCUT2D eigenvalue weighted by atomic mass is 9.94. The minimum Gasteiger partial charge on any atom is -0.352 e. The Balaban J connectivity index is 1.56. The van der Waals surface area contributed by atoms with Gasteiger partial charge >= 0.3 is 0 Å². The summed E-state index contributed by atoms with van der Waals surface area (Å²) >= 11 is 12.5. The number of hydrogen-bond donors (Lipinski definition) is 1. The van der Waals surface area contributed by atoms with Gasteiger partial charge in [-0.25, -0.2) is 12.8 Å². The third kappa shape index (κ3) is 8.91.